The largest absolute Gasteiger partial charge is 0.480 e. The number of nitrogens with zero attached hydrogens (tertiary/aromatic N) is 1. The predicted octanol–water partition coefficient (Wildman–Crippen LogP) is 4.16. The number of likely N-dealkylation sites (tertiary alicyclic amines) is 1. The fraction of sp³-hybridized carbons (Fsp3) is 0.350. The van der Waals surface area contributed by atoms with E-state index in [2.05, 4.69) is 4.90 Å². The highest BCUT2D eigenvalue weighted by Crippen LogP contribution is 2.35. The van der Waals surface area contributed by atoms with E-state index in [0.29, 0.717) is 6.42 Å². The number of aryl methyl sites for hydroxylation is 1. The number of carboxylic acid groups (broad SMARTS) is 1. The van der Waals surface area contributed by atoms with Crippen LogP contribution >= 0.6 is 0 Å². The van der Waals surface area contributed by atoms with Gasteiger partial charge >= 0.3 is 5.97 Å². The van der Waals surface area contributed by atoms with Crippen molar-refractivity contribution in [2.75, 3.05) is 6.54 Å². The van der Waals surface area contributed by atoms with Crippen molar-refractivity contribution in [3.63, 3.8) is 0 Å². The van der Waals surface area contributed by atoms with E-state index in [0.717, 1.165) is 36.1 Å². The van der Waals surface area contributed by atoms with Crippen LogP contribution in [0.1, 0.15) is 42.0 Å². The standard InChI is InChI=1S/C20H22FNO2/c1-14-6-2-3-7-17(14)19(15-9-11-16(21)12-10-15)22-13-5-4-8-18(22)20(23)24/h2-3,6-7,9-12,18-19H,4-5,8,13H2,1H3,(H,23,24). The fourth-order valence-corrected chi connectivity index (χ4v) is 3.62. The van der Waals surface area contributed by atoms with Gasteiger partial charge in [0.1, 0.15) is 11.9 Å². The minimum atomic E-state index is -0.782. The number of hydrogen-bond donors (Lipinski definition) is 1. The molecule has 1 heterocycles. The maximum absolute atomic E-state index is 13.4. The predicted molar refractivity (Wildman–Crippen MR) is 91.4 cm³/mol. The Morgan fingerprint density at radius 3 is 2.54 bits per heavy atom. The summed E-state index contributed by atoms with van der Waals surface area (Å²) < 4.78 is 13.4. The summed E-state index contributed by atoms with van der Waals surface area (Å²) in [6, 6.07) is 13.8. The van der Waals surface area contributed by atoms with Crippen LogP contribution in [0.4, 0.5) is 4.39 Å². The van der Waals surface area contributed by atoms with Crippen LogP contribution in [0.15, 0.2) is 48.5 Å². The molecule has 2 unspecified atom stereocenters. The van der Waals surface area contributed by atoms with E-state index in [-0.39, 0.29) is 11.9 Å². The lowest BCUT2D eigenvalue weighted by Crippen LogP contribution is -2.47. The van der Waals surface area contributed by atoms with Gasteiger partial charge in [0.25, 0.3) is 0 Å². The van der Waals surface area contributed by atoms with Crippen LogP contribution in [0.2, 0.25) is 0 Å². The molecular weight excluding hydrogens is 305 g/mol. The van der Waals surface area contributed by atoms with Gasteiger partial charge in [-0.3, -0.25) is 9.69 Å². The second kappa shape index (κ2) is 7.14. The molecule has 126 valence electrons. The van der Waals surface area contributed by atoms with E-state index in [1.54, 1.807) is 12.1 Å². The van der Waals surface area contributed by atoms with Gasteiger partial charge in [-0.1, -0.05) is 42.8 Å². The Balaban J connectivity index is 2.09. The highest BCUT2D eigenvalue weighted by Gasteiger charge is 2.35. The van der Waals surface area contributed by atoms with Gasteiger partial charge in [0.15, 0.2) is 0 Å². The Morgan fingerprint density at radius 2 is 1.88 bits per heavy atom. The van der Waals surface area contributed by atoms with E-state index in [1.807, 2.05) is 31.2 Å². The number of carboxylic acids is 1. The first kappa shape index (κ1) is 16.7. The molecule has 0 radical (unpaired) electrons. The van der Waals surface area contributed by atoms with Gasteiger partial charge in [-0.15, -0.1) is 0 Å². The number of piperidine rings is 1. The van der Waals surface area contributed by atoms with Crippen LogP contribution < -0.4 is 0 Å². The van der Waals surface area contributed by atoms with Crippen molar-refractivity contribution in [1.82, 2.24) is 4.90 Å². The molecule has 2 aromatic carbocycles. The van der Waals surface area contributed by atoms with Crippen molar-refractivity contribution in [3.8, 4) is 0 Å². The molecule has 2 aromatic rings. The van der Waals surface area contributed by atoms with Gasteiger partial charge in [0.2, 0.25) is 0 Å². The van der Waals surface area contributed by atoms with Gasteiger partial charge in [0.05, 0.1) is 6.04 Å². The summed E-state index contributed by atoms with van der Waals surface area (Å²) in [6.45, 7) is 2.76. The Kier molecular flexibility index (Phi) is 4.95. The zero-order chi connectivity index (χ0) is 17.1. The first-order valence-corrected chi connectivity index (χ1v) is 8.37. The number of rotatable bonds is 4. The minimum absolute atomic E-state index is 0.173. The van der Waals surface area contributed by atoms with E-state index in [1.165, 1.54) is 12.1 Å². The van der Waals surface area contributed by atoms with Crippen LogP contribution in [0.3, 0.4) is 0 Å². The molecular formula is C20H22FNO2. The van der Waals surface area contributed by atoms with Crippen molar-refractivity contribution in [1.29, 1.82) is 0 Å². The van der Waals surface area contributed by atoms with Gasteiger partial charge in [-0.2, -0.15) is 0 Å². The van der Waals surface area contributed by atoms with Gasteiger partial charge in [-0.05, 0) is 55.1 Å². The van der Waals surface area contributed by atoms with Crippen molar-refractivity contribution in [2.45, 2.75) is 38.3 Å². The van der Waals surface area contributed by atoms with Crippen LogP contribution in [0.5, 0.6) is 0 Å². The number of benzene rings is 2. The minimum Gasteiger partial charge on any atom is -0.480 e. The third kappa shape index (κ3) is 3.34. The Bertz CT molecular complexity index is 714. The van der Waals surface area contributed by atoms with E-state index >= 15 is 0 Å². The average molecular weight is 327 g/mol. The van der Waals surface area contributed by atoms with Crippen LogP contribution in [0.25, 0.3) is 0 Å². The molecule has 2 atom stereocenters. The molecule has 24 heavy (non-hydrogen) atoms. The molecule has 4 heteroatoms. The molecule has 1 saturated heterocycles. The molecule has 1 aliphatic heterocycles. The van der Waals surface area contributed by atoms with E-state index in [9.17, 15) is 14.3 Å². The summed E-state index contributed by atoms with van der Waals surface area (Å²) in [5.41, 5.74) is 3.12. The SMILES string of the molecule is Cc1ccccc1C(c1ccc(F)cc1)N1CCCCC1C(=O)O. The van der Waals surface area contributed by atoms with Gasteiger partial charge < -0.3 is 5.11 Å². The molecule has 0 aliphatic carbocycles. The third-order valence-electron chi connectivity index (χ3n) is 4.83. The molecule has 1 aliphatic rings. The maximum Gasteiger partial charge on any atom is 0.320 e. The first-order valence-electron chi connectivity index (χ1n) is 8.37. The summed E-state index contributed by atoms with van der Waals surface area (Å²) in [4.78, 5) is 13.8. The number of aliphatic carboxylic acids is 1. The quantitative estimate of drug-likeness (QED) is 0.916. The van der Waals surface area contributed by atoms with Crippen molar-refractivity contribution >= 4 is 5.97 Å². The summed E-state index contributed by atoms with van der Waals surface area (Å²) in [6.07, 6.45) is 2.56. The lowest BCUT2D eigenvalue weighted by Gasteiger charge is -2.40. The molecule has 1 fully saturated rings. The third-order valence-corrected chi connectivity index (χ3v) is 4.83. The lowest BCUT2D eigenvalue weighted by atomic mass is 9.89. The van der Waals surface area contributed by atoms with Gasteiger partial charge in [0, 0.05) is 0 Å². The van der Waals surface area contributed by atoms with Crippen LogP contribution in [0, 0.1) is 12.7 Å². The zero-order valence-corrected chi connectivity index (χ0v) is 13.8. The monoisotopic (exact) mass is 327 g/mol. The molecule has 0 spiro atoms. The van der Waals surface area contributed by atoms with E-state index < -0.39 is 12.0 Å². The Hall–Kier alpha value is -2.20. The van der Waals surface area contributed by atoms with Gasteiger partial charge in [-0.25, -0.2) is 4.39 Å². The van der Waals surface area contributed by atoms with Crippen molar-refractivity contribution in [2.24, 2.45) is 0 Å². The number of hydrogen-bond acceptors (Lipinski definition) is 2. The average Bonchev–Trinajstić information content (AvgIpc) is 2.59. The first-order chi connectivity index (χ1) is 11.6. The fourth-order valence-electron chi connectivity index (χ4n) is 3.62. The Morgan fingerprint density at radius 1 is 1.17 bits per heavy atom. The molecule has 0 amide bonds. The highest BCUT2D eigenvalue weighted by atomic mass is 19.1. The molecule has 0 saturated carbocycles. The van der Waals surface area contributed by atoms with Crippen molar-refractivity contribution in [3.05, 3.63) is 71.0 Å². The molecule has 1 N–H and O–H groups in total. The summed E-state index contributed by atoms with van der Waals surface area (Å²) in [5.74, 6) is -1.06. The number of halogens is 1. The second-order valence-electron chi connectivity index (χ2n) is 6.40. The molecule has 0 bridgehead atoms. The second-order valence-corrected chi connectivity index (χ2v) is 6.40. The maximum atomic E-state index is 13.4. The summed E-state index contributed by atoms with van der Waals surface area (Å²) >= 11 is 0. The zero-order valence-electron chi connectivity index (χ0n) is 13.8. The van der Waals surface area contributed by atoms with E-state index in [4.69, 9.17) is 0 Å². The normalized spacial score (nSPS) is 19.8. The molecule has 0 aromatic heterocycles. The van der Waals surface area contributed by atoms with Crippen molar-refractivity contribution < 1.29 is 14.3 Å². The van der Waals surface area contributed by atoms with Crippen LogP contribution in [-0.4, -0.2) is 28.6 Å². The molecule has 3 nitrogen and oxygen atoms in total. The Labute approximate surface area is 141 Å². The smallest absolute Gasteiger partial charge is 0.320 e. The lowest BCUT2D eigenvalue weighted by molar-refractivity contribution is -0.145. The topological polar surface area (TPSA) is 40.5 Å². The summed E-state index contributed by atoms with van der Waals surface area (Å²) in [7, 11) is 0. The number of carbonyl (C=O) groups is 1. The highest BCUT2D eigenvalue weighted by molar-refractivity contribution is 5.73. The summed E-state index contributed by atoms with van der Waals surface area (Å²) in [5, 5.41) is 9.66. The molecule has 3 rings (SSSR count). The van der Waals surface area contributed by atoms with Crippen LogP contribution in [-0.2, 0) is 4.79 Å².